The lowest BCUT2D eigenvalue weighted by molar-refractivity contribution is -0.118. The molecule has 0 aliphatic carbocycles. The van der Waals surface area contributed by atoms with Gasteiger partial charge in [-0.15, -0.1) is 0 Å². The van der Waals surface area contributed by atoms with Crippen molar-refractivity contribution in [3.63, 3.8) is 0 Å². The molecule has 6 nitrogen and oxygen atoms in total. The lowest BCUT2D eigenvalue weighted by atomic mass is 10.2. The Morgan fingerprint density at radius 1 is 1.26 bits per heavy atom. The number of hydrogen-bond acceptors (Lipinski definition) is 4. The van der Waals surface area contributed by atoms with Gasteiger partial charge in [0.2, 0.25) is 5.91 Å². The number of benzene rings is 2. The fourth-order valence-electron chi connectivity index (χ4n) is 2.40. The lowest BCUT2D eigenvalue weighted by Crippen LogP contribution is -2.24. The Balaban J connectivity index is 1.81. The summed E-state index contributed by atoms with van der Waals surface area (Å²) in [6.45, 7) is 1.80. The molecule has 0 spiro atoms. The number of amides is 1. The number of aromatic nitrogens is 2. The molecule has 1 atom stereocenters. The Bertz CT molecular complexity index is 839. The fourth-order valence-corrected chi connectivity index (χ4v) is 2.40. The van der Waals surface area contributed by atoms with E-state index in [1.54, 1.807) is 49.2 Å². The lowest BCUT2D eigenvalue weighted by Gasteiger charge is -2.14. The van der Waals surface area contributed by atoms with Gasteiger partial charge in [-0.25, -0.2) is 0 Å². The highest BCUT2D eigenvalue weighted by Gasteiger charge is 2.18. The van der Waals surface area contributed by atoms with Crippen molar-refractivity contribution < 1.29 is 9.53 Å². The summed E-state index contributed by atoms with van der Waals surface area (Å²) in [5.41, 5.74) is 8.01. The van der Waals surface area contributed by atoms with E-state index in [2.05, 4.69) is 10.4 Å². The highest BCUT2D eigenvalue weighted by molar-refractivity contribution is 5.94. The summed E-state index contributed by atoms with van der Waals surface area (Å²) in [5.74, 6) is 0.590. The zero-order chi connectivity index (χ0) is 16.4. The van der Waals surface area contributed by atoms with Gasteiger partial charge in [0.15, 0.2) is 0 Å². The van der Waals surface area contributed by atoms with E-state index in [0.29, 0.717) is 11.4 Å². The van der Waals surface area contributed by atoms with Crippen LogP contribution >= 0.6 is 0 Å². The summed E-state index contributed by atoms with van der Waals surface area (Å²) in [4.78, 5) is 12.5. The normalized spacial score (nSPS) is 12.1. The monoisotopic (exact) mass is 310 g/mol. The number of ether oxygens (including phenoxy) is 1. The number of nitrogens with zero attached hydrogens (tertiary/aromatic N) is 2. The first-order chi connectivity index (χ1) is 11.1. The first-order valence-corrected chi connectivity index (χ1v) is 7.26. The quantitative estimate of drug-likeness (QED) is 0.726. The molecule has 0 radical (unpaired) electrons. The minimum Gasteiger partial charge on any atom is -0.497 e. The fraction of sp³-hybridized carbons (Fsp3) is 0.176. The Kier molecular flexibility index (Phi) is 3.89. The molecule has 1 aromatic heterocycles. The van der Waals surface area contributed by atoms with Crippen molar-refractivity contribution >= 4 is 28.2 Å². The molecule has 0 saturated heterocycles. The number of hydrogen-bond donors (Lipinski definition) is 2. The van der Waals surface area contributed by atoms with Crippen LogP contribution in [0.15, 0.2) is 48.7 Å². The molecule has 0 fully saturated rings. The number of fused-ring (bicyclic) bond motifs is 1. The standard InChI is InChI=1S/C17H18N4O2/c1-11(17(22)20-14-5-7-15(23-2)8-6-14)21-16-9-13(18)4-3-12(16)10-19-21/h3-11H,18H2,1-2H3,(H,20,22). The van der Waals surface area contributed by atoms with E-state index in [4.69, 9.17) is 10.5 Å². The van der Waals surface area contributed by atoms with E-state index in [1.165, 1.54) is 0 Å². The molecule has 3 rings (SSSR count). The van der Waals surface area contributed by atoms with Crippen LogP contribution in [0.4, 0.5) is 11.4 Å². The Morgan fingerprint density at radius 3 is 2.70 bits per heavy atom. The van der Waals surface area contributed by atoms with Crippen LogP contribution in [0.5, 0.6) is 5.75 Å². The zero-order valence-electron chi connectivity index (χ0n) is 13.0. The summed E-state index contributed by atoms with van der Waals surface area (Å²) < 4.78 is 6.77. The van der Waals surface area contributed by atoms with E-state index in [0.717, 1.165) is 16.7 Å². The van der Waals surface area contributed by atoms with Crippen molar-refractivity contribution in [2.45, 2.75) is 13.0 Å². The smallest absolute Gasteiger partial charge is 0.248 e. The van der Waals surface area contributed by atoms with Crippen molar-refractivity contribution in [1.29, 1.82) is 0 Å². The molecule has 6 heteroatoms. The van der Waals surface area contributed by atoms with Crippen LogP contribution in [-0.4, -0.2) is 22.8 Å². The predicted octanol–water partition coefficient (Wildman–Crippen LogP) is 2.83. The summed E-state index contributed by atoms with van der Waals surface area (Å²) in [6.07, 6.45) is 1.73. The second kappa shape index (κ2) is 6.00. The first-order valence-electron chi connectivity index (χ1n) is 7.26. The van der Waals surface area contributed by atoms with Crippen LogP contribution in [0, 0.1) is 0 Å². The third kappa shape index (κ3) is 2.96. The first kappa shape index (κ1) is 14.9. The summed E-state index contributed by atoms with van der Waals surface area (Å²) in [7, 11) is 1.60. The third-order valence-corrected chi connectivity index (χ3v) is 3.73. The number of nitrogens with one attached hydrogen (secondary N) is 1. The summed E-state index contributed by atoms with van der Waals surface area (Å²) in [6, 6.07) is 12.2. The zero-order valence-corrected chi connectivity index (χ0v) is 13.0. The number of nitrogens with two attached hydrogens (primary N) is 1. The van der Waals surface area contributed by atoms with Gasteiger partial charge >= 0.3 is 0 Å². The Hall–Kier alpha value is -3.02. The van der Waals surface area contributed by atoms with Gasteiger partial charge in [0, 0.05) is 16.8 Å². The van der Waals surface area contributed by atoms with Crippen molar-refractivity contribution in [3.05, 3.63) is 48.7 Å². The second-order valence-electron chi connectivity index (χ2n) is 5.30. The average molecular weight is 310 g/mol. The van der Waals surface area contributed by atoms with Crippen LogP contribution < -0.4 is 15.8 Å². The van der Waals surface area contributed by atoms with Gasteiger partial charge in [-0.05, 0) is 49.4 Å². The number of carbonyl (C=O) groups excluding carboxylic acids is 1. The maximum absolute atomic E-state index is 12.5. The van der Waals surface area contributed by atoms with Gasteiger partial charge < -0.3 is 15.8 Å². The summed E-state index contributed by atoms with van der Waals surface area (Å²) in [5, 5.41) is 8.13. The molecule has 3 N–H and O–H groups in total. The molecule has 0 bridgehead atoms. The van der Waals surface area contributed by atoms with Crippen LogP contribution in [0.1, 0.15) is 13.0 Å². The van der Waals surface area contributed by atoms with Crippen LogP contribution in [0.3, 0.4) is 0 Å². The molecule has 1 unspecified atom stereocenters. The molecule has 1 heterocycles. The van der Waals surface area contributed by atoms with Gasteiger partial charge in [-0.2, -0.15) is 5.10 Å². The topological polar surface area (TPSA) is 82.2 Å². The molecule has 0 aliphatic heterocycles. The Labute approximate surface area is 133 Å². The van der Waals surface area contributed by atoms with Gasteiger partial charge in [-0.3, -0.25) is 9.48 Å². The number of carbonyl (C=O) groups is 1. The van der Waals surface area contributed by atoms with E-state index in [9.17, 15) is 4.79 Å². The SMILES string of the molecule is COc1ccc(NC(=O)C(C)n2ncc3ccc(N)cc32)cc1. The maximum Gasteiger partial charge on any atom is 0.248 e. The molecular weight excluding hydrogens is 292 g/mol. The van der Waals surface area contributed by atoms with Crippen LogP contribution in [0.2, 0.25) is 0 Å². The van der Waals surface area contributed by atoms with Crippen LogP contribution in [-0.2, 0) is 4.79 Å². The van der Waals surface area contributed by atoms with Crippen molar-refractivity contribution in [1.82, 2.24) is 9.78 Å². The number of rotatable bonds is 4. The summed E-state index contributed by atoms with van der Waals surface area (Å²) >= 11 is 0. The minimum atomic E-state index is -0.462. The maximum atomic E-state index is 12.5. The number of methoxy groups -OCH3 is 1. The van der Waals surface area contributed by atoms with E-state index >= 15 is 0 Å². The molecule has 1 amide bonds. The van der Waals surface area contributed by atoms with Gasteiger partial charge in [0.1, 0.15) is 11.8 Å². The second-order valence-corrected chi connectivity index (χ2v) is 5.30. The highest BCUT2D eigenvalue weighted by atomic mass is 16.5. The largest absolute Gasteiger partial charge is 0.497 e. The van der Waals surface area contributed by atoms with Crippen LogP contribution in [0.25, 0.3) is 10.9 Å². The average Bonchev–Trinajstić information content (AvgIpc) is 2.97. The molecule has 118 valence electrons. The predicted molar refractivity (Wildman–Crippen MR) is 90.5 cm³/mol. The van der Waals surface area contributed by atoms with Gasteiger partial charge in [-0.1, -0.05) is 0 Å². The van der Waals surface area contributed by atoms with E-state index in [-0.39, 0.29) is 5.91 Å². The molecular formula is C17H18N4O2. The molecule has 3 aromatic rings. The number of anilines is 2. The van der Waals surface area contributed by atoms with Gasteiger partial charge in [0.05, 0.1) is 18.8 Å². The molecule has 2 aromatic carbocycles. The number of nitrogen functional groups attached to an aromatic ring is 1. The highest BCUT2D eigenvalue weighted by Crippen LogP contribution is 2.22. The molecule has 0 saturated carbocycles. The van der Waals surface area contributed by atoms with Crippen molar-refractivity contribution in [3.8, 4) is 5.75 Å². The van der Waals surface area contributed by atoms with E-state index < -0.39 is 6.04 Å². The van der Waals surface area contributed by atoms with Crippen molar-refractivity contribution in [2.75, 3.05) is 18.2 Å². The molecule has 23 heavy (non-hydrogen) atoms. The Morgan fingerprint density at radius 2 is 2.00 bits per heavy atom. The third-order valence-electron chi connectivity index (χ3n) is 3.73. The van der Waals surface area contributed by atoms with E-state index in [1.807, 2.05) is 18.2 Å². The van der Waals surface area contributed by atoms with Crippen molar-refractivity contribution in [2.24, 2.45) is 0 Å². The minimum absolute atomic E-state index is 0.150. The van der Waals surface area contributed by atoms with Gasteiger partial charge in [0.25, 0.3) is 0 Å². The molecule has 0 aliphatic rings.